The standard InChI is InChI=1S/C21H29N3O4/c1-13(21(27)24-8-2-3-9-24)22-20(26)7-5-14-4-6-16-15(10-14)19-11-17(23-16)18(25)12-28-19/h4,6,10,13,17-19,23,25H,2-3,5,7-9,11-12H2,1H3,(H,22,26)/t13-,17-,18+,19+/m0/s1. The van der Waals surface area contributed by atoms with Crippen molar-refractivity contribution in [1.82, 2.24) is 10.2 Å². The number of benzene rings is 1. The van der Waals surface area contributed by atoms with E-state index >= 15 is 0 Å². The van der Waals surface area contributed by atoms with E-state index in [0.29, 0.717) is 19.4 Å². The number of nitrogens with one attached hydrogen (secondary N) is 2. The Hall–Kier alpha value is -2.12. The van der Waals surface area contributed by atoms with Crippen LogP contribution < -0.4 is 10.6 Å². The minimum atomic E-state index is -0.475. The van der Waals surface area contributed by atoms with Crippen molar-refractivity contribution in [2.75, 3.05) is 25.0 Å². The van der Waals surface area contributed by atoms with Gasteiger partial charge in [0.05, 0.1) is 24.9 Å². The second kappa shape index (κ2) is 8.09. The van der Waals surface area contributed by atoms with Gasteiger partial charge in [0.1, 0.15) is 6.04 Å². The number of aryl methyl sites for hydroxylation is 1. The molecule has 1 aromatic rings. The number of aliphatic hydroxyl groups excluding tert-OH is 1. The molecule has 28 heavy (non-hydrogen) atoms. The van der Waals surface area contributed by atoms with Crippen molar-refractivity contribution in [3.63, 3.8) is 0 Å². The van der Waals surface area contributed by atoms with E-state index in [2.05, 4.69) is 16.7 Å². The molecule has 0 aromatic heterocycles. The summed E-state index contributed by atoms with van der Waals surface area (Å²) in [5, 5.41) is 16.2. The van der Waals surface area contributed by atoms with E-state index in [4.69, 9.17) is 4.74 Å². The molecule has 2 amide bonds. The van der Waals surface area contributed by atoms with Gasteiger partial charge in [0.25, 0.3) is 0 Å². The fraction of sp³-hybridized carbons (Fsp3) is 0.619. The maximum atomic E-state index is 12.3. The molecule has 2 bridgehead atoms. The first-order valence-electron chi connectivity index (χ1n) is 10.3. The number of hydrogen-bond acceptors (Lipinski definition) is 5. The number of hydrogen-bond donors (Lipinski definition) is 3. The van der Waals surface area contributed by atoms with Crippen LogP contribution in [-0.2, 0) is 20.7 Å². The van der Waals surface area contributed by atoms with Gasteiger partial charge in [0, 0.05) is 37.2 Å². The third kappa shape index (κ3) is 4.00. The van der Waals surface area contributed by atoms with Gasteiger partial charge in [-0.05, 0) is 37.8 Å². The summed E-state index contributed by atoms with van der Waals surface area (Å²) in [4.78, 5) is 26.4. The molecule has 3 aliphatic rings. The Morgan fingerprint density at radius 1 is 1.36 bits per heavy atom. The average molecular weight is 387 g/mol. The van der Waals surface area contributed by atoms with Gasteiger partial charge in [0.2, 0.25) is 11.8 Å². The van der Waals surface area contributed by atoms with Crippen molar-refractivity contribution in [2.24, 2.45) is 0 Å². The van der Waals surface area contributed by atoms with Crippen LogP contribution >= 0.6 is 0 Å². The lowest BCUT2D eigenvalue weighted by atomic mass is 9.88. The second-order valence-corrected chi connectivity index (χ2v) is 8.12. The number of ether oxygens (including phenoxy) is 1. The highest BCUT2D eigenvalue weighted by atomic mass is 16.5. The predicted molar refractivity (Wildman–Crippen MR) is 105 cm³/mol. The summed E-state index contributed by atoms with van der Waals surface area (Å²) in [5.41, 5.74) is 3.17. The number of carbonyl (C=O) groups is 2. The molecule has 0 radical (unpaired) electrons. The number of fused-ring (bicyclic) bond motifs is 4. The van der Waals surface area contributed by atoms with E-state index in [0.717, 1.165) is 49.2 Å². The van der Waals surface area contributed by atoms with Gasteiger partial charge in [-0.15, -0.1) is 0 Å². The van der Waals surface area contributed by atoms with Crippen LogP contribution in [0, 0.1) is 0 Å². The Morgan fingerprint density at radius 3 is 2.93 bits per heavy atom. The average Bonchev–Trinajstić information content (AvgIpc) is 3.23. The molecule has 4 atom stereocenters. The summed E-state index contributed by atoms with van der Waals surface area (Å²) in [6, 6.07) is 5.66. The van der Waals surface area contributed by atoms with Crippen molar-refractivity contribution < 1.29 is 19.4 Å². The molecule has 4 rings (SSSR count). The minimum Gasteiger partial charge on any atom is -0.389 e. The van der Waals surface area contributed by atoms with Crippen molar-refractivity contribution in [2.45, 2.75) is 63.3 Å². The zero-order valence-electron chi connectivity index (χ0n) is 16.3. The fourth-order valence-electron chi connectivity index (χ4n) is 4.37. The molecule has 3 N–H and O–H groups in total. The van der Waals surface area contributed by atoms with Gasteiger partial charge in [-0.1, -0.05) is 12.1 Å². The van der Waals surface area contributed by atoms with E-state index in [1.807, 2.05) is 17.0 Å². The monoisotopic (exact) mass is 387 g/mol. The molecule has 2 saturated heterocycles. The Kier molecular flexibility index (Phi) is 5.55. The summed E-state index contributed by atoms with van der Waals surface area (Å²) in [6.45, 7) is 3.69. The lowest BCUT2D eigenvalue weighted by molar-refractivity contribution is -0.135. The van der Waals surface area contributed by atoms with Gasteiger partial charge in [-0.2, -0.15) is 0 Å². The van der Waals surface area contributed by atoms with Crippen LogP contribution in [0.3, 0.4) is 0 Å². The molecule has 3 aliphatic heterocycles. The summed E-state index contributed by atoms with van der Waals surface area (Å²) < 4.78 is 5.78. The topological polar surface area (TPSA) is 90.9 Å². The number of aliphatic hydroxyl groups is 1. The van der Waals surface area contributed by atoms with E-state index in [1.165, 1.54) is 0 Å². The smallest absolute Gasteiger partial charge is 0.244 e. The summed E-state index contributed by atoms with van der Waals surface area (Å²) in [6.07, 6.45) is 3.33. The van der Waals surface area contributed by atoms with Gasteiger partial charge >= 0.3 is 0 Å². The highest BCUT2D eigenvalue weighted by molar-refractivity contribution is 5.87. The number of nitrogens with zero attached hydrogens (tertiary/aromatic N) is 1. The van der Waals surface area contributed by atoms with Gasteiger partial charge in [-0.3, -0.25) is 9.59 Å². The van der Waals surface area contributed by atoms with E-state index < -0.39 is 12.1 Å². The third-order valence-electron chi connectivity index (χ3n) is 6.01. The van der Waals surface area contributed by atoms with Crippen LogP contribution in [-0.4, -0.2) is 59.7 Å². The minimum absolute atomic E-state index is 0.00321. The van der Waals surface area contributed by atoms with Crippen LogP contribution in [0.1, 0.15) is 49.8 Å². The number of carbonyl (C=O) groups excluding carboxylic acids is 2. The molecule has 0 aliphatic carbocycles. The second-order valence-electron chi connectivity index (χ2n) is 8.12. The van der Waals surface area contributed by atoms with E-state index in [1.54, 1.807) is 6.92 Å². The Bertz CT molecular complexity index is 747. The highest BCUT2D eigenvalue weighted by Gasteiger charge is 2.36. The Balaban J connectivity index is 1.31. The van der Waals surface area contributed by atoms with Crippen LogP contribution in [0.5, 0.6) is 0 Å². The van der Waals surface area contributed by atoms with Gasteiger partial charge in [-0.25, -0.2) is 0 Å². The first kappa shape index (κ1) is 19.2. The maximum Gasteiger partial charge on any atom is 0.244 e. The van der Waals surface area contributed by atoms with E-state index in [9.17, 15) is 14.7 Å². The summed E-state index contributed by atoms with van der Waals surface area (Å²) >= 11 is 0. The largest absolute Gasteiger partial charge is 0.389 e. The number of rotatable bonds is 5. The molecular weight excluding hydrogens is 358 g/mol. The van der Waals surface area contributed by atoms with Crippen LogP contribution in [0.25, 0.3) is 0 Å². The SMILES string of the molecule is C[C@H](NC(=O)CCc1ccc2c(c1)[C@H]1C[C@H](N2)[C@H](O)CO1)C(=O)N1CCCC1. The molecule has 0 unspecified atom stereocenters. The molecule has 7 heteroatoms. The molecule has 152 valence electrons. The number of amides is 2. The molecular formula is C21H29N3O4. The normalized spacial score (nSPS) is 26.9. The lowest BCUT2D eigenvalue weighted by Crippen LogP contribution is -2.46. The number of likely N-dealkylation sites (tertiary alicyclic amines) is 1. The van der Waals surface area contributed by atoms with Crippen molar-refractivity contribution in [1.29, 1.82) is 0 Å². The van der Waals surface area contributed by atoms with Gasteiger partial charge < -0.3 is 25.4 Å². The molecule has 0 saturated carbocycles. The van der Waals surface area contributed by atoms with Crippen molar-refractivity contribution in [3.05, 3.63) is 29.3 Å². The quantitative estimate of drug-likeness (QED) is 0.710. The number of anilines is 1. The molecule has 1 aromatic carbocycles. The molecule has 2 fully saturated rings. The molecule has 3 heterocycles. The highest BCUT2D eigenvalue weighted by Crippen LogP contribution is 2.39. The fourth-order valence-corrected chi connectivity index (χ4v) is 4.37. The third-order valence-corrected chi connectivity index (χ3v) is 6.01. The first-order valence-corrected chi connectivity index (χ1v) is 10.3. The Labute approximate surface area is 165 Å². The van der Waals surface area contributed by atoms with Gasteiger partial charge in [0.15, 0.2) is 0 Å². The van der Waals surface area contributed by atoms with Crippen LogP contribution in [0.15, 0.2) is 18.2 Å². The predicted octanol–water partition coefficient (Wildman–Crippen LogP) is 1.36. The van der Waals surface area contributed by atoms with E-state index in [-0.39, 0.29) is 24.0 Å². The molecule has 0 spiro atoms. The molecule has 7 nitrogen and oxygen atoms in total. The van der Waals surface area contributed by atoms with Crippen molar-refractivity contribution >= 4 is 17.5 Å². The zero-order valence-corrected chi connectivity index (χ0v) is 16.3. The summed E-state index contributed by atoms with van der Waals surface area (Å²) in [5.74, 6) is -0.0927. The zero-order chi connectivity index (χ0) is 19.7. The summed E-state index contributed by atoms with van der Waals surface area (Å²) in [7, 11) is 0. The lowest BCUT2D eigenvalue weighted by Gasteiger charge is -2.40. The first-order chi connectivity index (χ1) is 13.5. The van der Waals surface area contributed by atoms with Crippen molar-refractivity contribution in [3.8, 4) is 0 Å². The maximum absolute atomic E-state index is 12.3. The van der Waals surface area contributed by atoms with Crippen LogP contribution in [0.2, 0.25) is 0 Å². The Morgan fingerprint density at radius 2 is 2.14 bits per heavy atom. The van der Waals surface area contributed by atoms with Crippen LogP contribution in [0.4, 0.5) is 5.69 Å².